The number of likely N-dealkylation sites (N-methyl/N-ethyl adjacent to an activating group) is 1. The molecule has 1 amide bonds. The topological polar surface area (TPSA) is 56.7 Å². The van der Waals surface area contributed by atoms with Crippen molar-refractivity contribution in [2.45, 2.75) is 56.7 Å². The minimum Gasteiger partial charge on any atom is -0.356 e. The maximum Gasteiger partial charge on any atom is 0.243 e. The lowest BCUT2D eigenvalue weighted by atomic mass is 9.95. The van der Waals surface area contributed by atoms with Gasteiger partial charge in [0.25, 0.3) is 0 Å². The van der Waals surface area contributed by atoms with Gasteiger partial charge in [0.2, 0.25) is 5.91 Å². The van der Waals surface area contributed by atoms with Crippen molar-refractivity contribution in [3.05, 3.63) is 0 Å². The van der Waals surface area contributed by atoms with E-state index in [1.807, 2.05) is 11.8 Å². The Bertz CT molecular complexity index is 366. The Labute approximate surface area is 162 Å². The molecule has 136 valence electrons. The van der Waals surface area contributed by atoms with Crippen LogP contribution in [0.15, 0.2) is 4.99 Å². The highest BCUT2D eigenvalue weighted by Gasteiger charge is 2.22. The molecule has 0 aromatic carbocycles. The highest BCUT2D eigenvalue weighted by atomic mass is 127. The number of unbranched alkanes of at least 4 members (excludes halogenated alkanes) is 1. The Morgan fingerprint density at radius 3 is 2.70 bits per heavy atom. The zero-order chi connectivity index (χ0) is 16.4. The molecule has 2 unspecified atom stereocenters. The van der Waals surface area contributed by atoms with Gasteiger partial charge in [-0.25, -0.2) is 4.99 Å². The largest absolute Gasteiger partial charge is 0.356 e. The Kier molecular flexibility index (Phi) is 13.0. The molecule has 1 saturated carbocycles. The standard InChI is InChI=1S/C16H32N4OS.HI/c1-5-6-10-17-16(18-12-15(21)20(2)3)19-13-8-7-9-14(11-13)22-4;/h13-14H,5-12H2,1-4H3,(H2,17,18,19);1H. The first-order valence-electron chi connectivity index (χ1n) is 8.34. The Morgan fingerprint density at radius 2 is 2.09 bits per heavy atom. The summed E-state index contributed by atoms with van der Waals surface area (Å²) in [6.45, 7) is 3.27. The van der Waals surface area contributed by atoms with E-state index in [-0.39, 0.29) is 36.4 Å². The van der Waals surface area contributed by atoms with Gasteiger partial charge in [-0.15, -0.1) is 24.0 Å². The van der Waals surface area contributed by atoms with E-state index >= 15 is 0 Å². The molecule has 1 fully saturated rings. The summed E-state index contributed by atoms with van der Waals surface area (Å²) in [7, 11) is 3.53. The summed E-state index contributed by atoms with van der Waals surface area (Å²) >= 11 is 1.96. The SMILES string of the molecule is CCCCNC(=NCC(=O)N(C)C)NC1CCCC(SC)C1.I. The number of aliphatic imine (C=N–C) groups is 1. The van der Waals surface area contributed by atoms with Crippen molar-refractivity contribution in [2.24, 2.45) is 4.99 Å². The molecule has 0 heterocycles. The molecule has 0 aliphatic heterocycles. The molecule has 0 aromatic rings. The van der Waals surface area contributed by atoms with Crippen LogP contribution in [0.25, 0.3) is 0 Å². The van der Waals surface area contributed by atoms with Crippen LogP contribution in [0.1, 0.15) is 45.4 Å². The van der Waals surface area contributed by atoms with Gasteiger partial charge in [-0.3, -0.25) is 4.79 Å². The third kappa shape index (κ3) is 9.64. The third-order valence-electron chi connectivity index (χ3n) is 3.99. The van der Waals surface area contributed by atoms with Gasteiger partial charge in [0.1, 0.15) is 6.54 Å². The summed E-state index contributed by atoms with van der Waals surface area (Å²) < 4.78 is 0. The molecule has 0 aromatic heterocycles. The Balaban J connectivity index is 0.00000484. The van der Waals surface area contributed by atoms with Gasteiger partial charge >= 0.3 is 0 Å². The highest BCUT2D eigenvalue weighted by Crippen LogP contribution is 2.26. The quantitative estimate of drug-likeness (QED) is 0.268. The first-order chi connectivity index (χ1) is 10.6. The molecule has 7 heteroatoms. The number of guanidine groups is 1. The second-order valence-electron chi connectivity index (χ2n) is 6.10. The number of carbonyl (C=O) groups excluding carboxylic acids is 1. The van der Waals surface area contributed by atoms with E-state index in [0.717, 1.165) is 30.6 Å². The predicted octanol–water partition coefficient (Wildman–Crippen LogP) is 2.70. The summed E-state index contributed by atoms with van der Waals surface area (Å²) in [6.07, 6.45) is 9.40. The number of thioether (sulfide) groups is 1. The Morgan fingerprint density at radius 1 is 1.35 bits per heavy atom. The molecule has 2 atom stereocenters. The van der Waals surface area contributed by atoms with Gasteiger partial charge in [-0.2, -0.15) is 11.8 Å². The van der Waals surface area contributed by atoms with E-state index in [1.54, 1.807) is 19.0 Å². The second-order valence-corrected chi connectivity index (χ2v) is 7.24. The summed E-state index contributed by atoms with van der Waals surface area (Å²) in [5.74, 6) is 0.817. The van der Waals surface area contributed by atoms with Crippen LogP contribution in [0.2, 0.25) is 0 Å². The van der Waals surface area contributed by atoms with Crippen LogP contribution >= 0.6 is 35.7 Å². The van der Waals surface area contributed by atoms with Crippen molar-refractivity contribution in [1.82, 2.24) is 15.5 Å². The lowest BCUT2D eigenvalue weighted by Crippen LogP contribution is -2.46. The first-order valence-corrected chi connectivity index (χ1v) is 9.63. The highest BCUT2D eigenvalue weighted by molar-refractivity contribution is 14.0. The second kappa shape index (κ2) is 13.1. The van der Waals surface area contributed by atoms with Crippen molar-refractivity contribution in [3.8, 4) is 0 Å². The monoisotopic (exact) mass is 456 g/mol. The summed E-state index contributed by atoms with van der Waals surface area (Å²) in [5, 5.41) is 7.63. The molecule has 5 nitrogen and oxygen atoms in total. The van der Waals surface area contributed by atoms with Gasteiger partial charge < -0.3 is 15.5 Å². The van der Waals surface area contributed by atoms with E-state index in [0.29, 0.717) is 6.04 Å². The van der Waals surface area contributed by atoms with E-state index in [9.17, 15) is 4.79 Å². The van der Waals surface area contributed by atoms with Crippen LogP contribution in [0.4, 0.5) is 0 Å². The van der Waals surface area contributed by atoms with Crippen molar-refractivity contribution in [3.63, 3.8) is 0 Å². The number of nitrogens with zero attached hydrogens (tertiary/aromatic N) is 2. The smallest absolute Gasteiger partial charge is 0.243 e. The van der Waals surface area contributed by atoms with Crippen molar-refractivity contribution in [1.29, 1.82) is 0 Å². The zero-order valence-electron chi connectivity index (χ0n) is 14.9. The number of hydrogen-bond acceptors (Lipinski definition) is 3. The molecule has 1 aliphatic carbocycles. The van der Waals surface area contributed by atoms with Gasteiger partial charge in [-0.1, -0.05) is 19.8 Å². The molecule has 23 heavy (non-hydrogen) atoms. The fraction of sp³-hybridized carbons (Fsp3) is 0.875. The van der Waals surface area contributed by atoms with Crippen molar-refractivity contribution < 1.29 is 4.79 Å². The van der Waals surface area contributed by atoms with E-state index in [2.05, 4.69) is 28.8 Å². The Hall–Kier alpha value is -0.180. The lowest BCUT2D eigenvalue weighted by Gasteiger charge is -2.30. The lowest BCUT2D eigenvalue weighted by molar-refractivity contribution is -0.127. The van der Waals surface area contributed by atoms with Crippen LogP contribution < -0.4 is 10.6 Å². The molecular weight excluding hydrogens is 423 g/mol. The van der Waals surface area contributed by atoms with E-state index < -0.39 is 0 Å². The number of carbonyl (C=O) groups is 1. The van der Waals surface area contributed by atoms with Crippen LogP contribution in [-0.2, 0) is 4.79 Å². The zero-order valence-corrected chi connectivity index (χ0v) is 18.1. The van der Waals surface area contributed by atoms with Gasteiger partial charge in [0.15, 0.2) is 5.96 Å². The molecule has 0 saturated heterocycles. The molecule has 0 spiro atoms. The van der Waals surface area contributed by atoms with Gasteiger partial charge in [0, 0.05) is 31.9 Å². The average Bonchev–Trinajstić information content (AvgIpc) is 2.52. The van der Waals surface area contributed by atoms with Crippen LogP contribution in [0, 0.1) is 0 Å². The minimum atomic E-state index is 0. The summed E-state index contributed by atoms with van der Waals surface area (Å²) in [5.41, 5.74) is 0. The predicted molar refractivity (Wildman–Crippen MR) is 112 cm³/mol. The number of nitrogens with one attached hydrogen (secondary N) is 2. The molecule has 1 aliphatic rings. The molecule has 0 bridgehead atoms. The molecule has 1 rings (SSSR count). The first kappa shape index (κ1) is 22.8. The molecule has 2 N–H and O–H groups in total. The summed E-state index contributed by atoms with van der Waals surface area (Å²) in [6, 6.07) is 0.466. The van der Waals surface area contributed by atoms with Gasteiger partial charge in [-0.05, 0) is 31.9 Å². The van der Waals surface area contributed by atoms with Crippen molar-refractivity contribution >= 4 is 47.6 Å². The van der Waals surface area contributed by atoms with Crippen LogP contribution in [-0.4, -0.2) is 61.5 Å². The normalized spacial score (nSPS) is 21.3. The number of hydrogen-bond donors (Lipinski definition) is 2. The van der Waals surface area contributed by atoms with Crippen LogP contribution in [0.3, 0.4) is 0 Å². The number of rotatable bonds is 7. The minimum absolute atomic E-state index is 0. The maximum atomic E-state index is 11.7. The molecule has 0 radical (unpaired) electrons. The molecular formula is C16H33IN4OS. The average molecular weight is 456 g/mol. The van der Waals surface area contributed by atoms with E-state index in [4.69, 9.17) is 0 Å². The van der Waals surface area contributed by atoms with Crippen molar-refractivity contribution in [2.75, 3.05) is 33.4 Å². The third-order valence-corrected chi connectivity index (χ3v) is 5.09. The van der Waals surface area contributed by atoms with E-state index in [1.165, 1.54) is 25.7 Å². The number of halogens is 1. The van der Waals surface area contributed by atoms with Crippen LogP contribution in [0.5, 0.6) is 0 Å². The van der Waals surface area contributed by atoms with Gasteiger partial charge in [0.05, 0.1) is 0 Å². The maximum absolute atomic E-state index is 11.7. The summed E-state index contributed by atoms with van der Waals surface area (Å²) in [4.78, 5) is 17.8. The fourth-order valence-electron chi connectivity index (χ4n) is 2.51. The fourth-order valence-corrected chi connectivity index (χ4v) is 3.33. The number of amides is 1.